The molecule has 0 unspecified atom stereocenters. The van der Waals surface area contributed by atoms with Crippen LogP contribution in [0.15, 0.2) is 42.7 Å². The summed E-state index contributed by atoms with van der Waals surface area (Å²) < 4.78 is 5.50. The Kier molecular flexibility index (Phi) is 2.68. The molecule has 0 atom stereocenters. The lowest BCUT2D eigenvalue weighted by Gasteiger charge is -2.06. The maximum absolute atomic E-state index is 5.50. The predicted octanol–water partition coefficient (Wildman–Crippen LogP) is 3.02. The van der Waals surface area contributed by atoms with E-state index in [0.717, 1.165) is 27.9 Å². The van der Waals surface area contributed by atoms with E-state index in [1.165, 1.54) is 0 Å². The van der Waals surface area contributed by atoms with Crippen LogP contribution >= 0.6 is 0 Å². The first-order chi connectivity index (χ1) is 8.86. The van der Waals surface area contributed by atoms with Gasteiger partial charge in [0.25, 0.3) is 0 Å². The number of aromatic amines is 1. The van der Waals surface area contributed by atoms with Crippen molar-refractivity contribution in [3.8, 4) is 16.9 Å². The zero-order valence-corrected chi connectivity index (χ0v) is 10.1. The lowest BCUT2D eigenvalue weighted by Crippen LogP contribution is -1.91. The van der Waals surface area contributed by atoms with Crippen molar-refractivity contribution in [3.05, 3.63) is 42.7 Å². The van der Waals surface area contributed by atoms with Gasteiger partial charge < -0.3 is 4.74 Å². The Labute approximate surface area is 105 Å². The smallest absolute Gasteiger partial charge is 0.119 e. The molecule has 0 saturated heterocycles. The van der Waals surface area contributed by atoms with Crippen molar-refractivity contribution in [3.63, 3.8) is 0 Å². The number of benzene rings is 1. The van der Waals surface area contributed by atoms with Crippen molar-refractivity contribution in [1.29, 1.82) is 0 Å². The molecule has 1 aromatic carbocycles. The highest BCUT2D eigenvalue weighted by Gasteiger charge is 2.03. The first kappa shape index (κ1) is 10.8. The zero-order valence-electron chi connectivity index (χ0n) is 10.1. The number of hydrogen-bond acceptors (Lipinski definition) is 3. The van der Waals surface area contributed by atoms with Crippen LogP contribution in [0, 0.1) is 0 Å². The molecule has 90 valence electrons. The van der Waals surface area contributed by atoms with Crippen molar-refractivity contribution >= 4 is 11.0 Å². The first-order valence-electron chi connectivity index (χ1n) is 5.89. The molecule has 1 N–H and O–H groups in total. The van der Waals surface area contributed by atoms with Crippen molar-refractivity contribution in [2.75, 3.05) is 6.61 Å². The van der Waals surface area contributed by atoms with Gasteiger partial charge in [-0.3, -0.25) is 10.1 Å². The van der Waals surface area contributed by atoms with E-state index in [1.54, 1.807) is 6.20 Å². The van der Waals surface area contributed by atoms with Crippen molar-refractivity contribution in [2.24, 2.45) is 0 Å². The van der Waals surface area contributed by atoms with Crippen molar-refractivity contribution < 1.29 is 4.74 Å². The average Bonchev–Trinajstić information content (AvgIpc) is 2.86. The molecule has 3 rings (SSSR count). The fourth-order valence-electron chi connectivity index (χ4n) is 1.92. The Bertz CT molecular complexity index is 675. The minimum atomic E-state index is 0.668. The summed E-state index contributed by atoms with van der Waals surface area (Å²) in [7, 11) is 0. The van der Waals surface area contributed by atoms with E-state index in [2.05, 4.69) is 15.2 Å². The Morgan fingerprint density at radius 1 is 1.17 bits per heavy atom. The van der Waals surface area contributed by atoms with Gasteiger partial charge >= 0.3 is 0 Å². The maximum atomic E-state index is 5.50. The lowest BCUT2D eigenvalue weighted by atomic mass is 10.1. The normalized spacial score (nSPS) is 10.7. The third-order valence-corrected chi connectivity index (χ3v) is 2.77. The van der Waals surface area contributed by atoms with Crippen LogP contribution in [0.25, 0.3) is 22.2 Å². The van der Waals surface area contributed by atoms with Gasteiger partial charge in [-0.2, -0.15) is 5.10 Å². The molecule has 0 aliphatic carbocycles. The number of rotatable bonds is 3. The summed E-state index contributed by atoms with van der Waals surface area (Å²) in [5, 5.41) is 6.90. The van der Waals surface area contributed by atoms with Crippen LogP contribution in [0.5, 0.6) is 5.75 Å². The summed E-state index contributed by atoms with van der Waals surface area (Å²) >= 11 is 0. The molecule has 0 spiro atoms. The Morgan fingerprint density at radius 2 is 2.11 bits per heavy atom. The lowest BCUT2D eigenvalue weighted by molar-refractivity contribution is 0.340. The summed E-state index contributed by atoms with van der Waals surface area (Å²) in [6.07, 6.45) is 3.57. The molecule has 0 fully saturated rings. The molecule has 2 heterocycles. The van der Waals surface area contributed by atoms with Crippen LogP contribution < -0.4 is 4.74 Å². The minimum absolute atomic E-state index is 0.668. The number of nitrogens with one attached hydrogen (secondary N) is 1. The van der Waals surface area contributed by atoms with Crippen LogP contribution in [-0.2, 0) is 0 Å². The molecule has 0 bridgehead atoms. The first-order valence-corrected chi connectivity index (χ1v) is 5.89. The van der Waals surface area contributed by atoms with E-state index in [4.69, 9.17) is 4.74 Å². The van der Waals surface area contributed by atoms with Crippen LogP contribution in [0.2, 0.25) is 0 Å². The topological polar surface area (TPSA) is 50.8 Å². The summed E-state index contributed by atoms with van der Waals surface area (Å²) in [5.41, 5.74) is 3.95. The SMILES string of the molecule is CCOc1cccc(-c2cnc3cn[nH]c3c2)c1. The molecule has 0 aliphatic rings. The number of hydrogen-bond donors (Lipinski definition) is 1. The van der Waals surface area contributed by atoms with Crippen LogP contribution in [0.1, 0.15) is 6.92 Å². The van der Waals surface area contributed by atoms with Crippen LogP contribution in [-0.4, -0.2) is 21.8 Å². The van der Waals surface area contributed by atoms with E-state index < -0.39 is 0 Å². The molecular weight excluding hydrogens is 226 g/mol. The molecular formula is C14H13N3O. The minimum Gasteiger partial charge on any atom is -0.494 e. The number of nitrogens with zero attached hydrogens (tertiary/aromatic N) is 2. The zero-order chi connectivity index (χ0) is 12.4. The fourth-order valence-corrected chi connectivity index (χ4v) is 1.92. The summed E-state index contributed by atoms with van der Waals surface area (Å²) in [5.74, 6) is 0.875. The molecule has 0 saturated carbocycles. The number of pyridine rings is 1. The quantitative estimate of drug-likeness (QED) is 0.764. The third-order valence-electron chi connectivity index (χ3n) is 2.77. The van der Waals surface area contributed by atoms with Crippen LogP contribution in [0.4, 0.5) is 0 Å². The second kappa shape index (κ2) is 4.49. The van der Waals surface area contributed by atoms with Gasteiger partial charge in [-0.25, -0.2) is 0 Å². The summed E-state index contributed by atoms with van der Waals surface area (Å²) in [6.45, 7) is 2.65. The molecule has 0 radical (unpaired) electrons. The highest BCUT2D eigenvalue weighted by molar-refractivity contribution is 5.79. The van der Waals surface area contributed by atoms with Gasteiger partial charge in [0, 0.05) is 11.8 Å². The molecule has 4 heteroatoms. The Hall–Kier alpha value is -2.36. The van der Waals surface area contributed by atoms with Gasteiger partial charge in [0.2, 0.25) is 0 Å². The number of aromatic nitrogens is 3. The van der Waals surface area contributed by atoms with Gasteiger partial charge in [-0.15, -0.1) is 0 Å². The largest absolute Gasteiger partial charge is 0.494 e. The van der Waals surface area contributed by atoms with E-state index in [-0.39, 0.29) is 0 Å². The van der Waals surface area contributed by atoms with E-state index in [0.29, 0.717) is 6.61 Å². The molecule has 4 nitrogen and oxygen atoms in total. The molecule has 2 aromatic heterocycles. The van der Waals surface area contributed by atoms with Gasteiger partial charge in [0.1, 0.15) is 11.3 Å². The fraction of sp³-hybridized carbons (Fsp3) is 0.143. The van der Waals surface area contributed by atoms with Crippen molar-refractivity contribution in [1.82, 2.24) is 15.2 Å². The Balaban J connectivity index is 2.04. The molecule has 0 amide bonds. The second-order valence-corrected chi connectivity index (χ2v) is 3.99. The standard InChI is InChI=1S/C14H13N3O/c1-2-18-12-5-3-4-10(6-12)11-7-13-14(15-8-11)9-16-17-13/h3-9H,2H2,1H3,(H,16,17). The molecule has 3 aromatic rings. The summed E-state index contributed by atoms with van der Waals surface area (Å²) in [4.78, 5) is 4.36. The van der Waals surface area contributed by atoms with Gasteiger partial charge in [0.05, 0.1) is 18.3 Å². The van der Waals surface area contributed by atoms with Gasteiger partial charge in [-0.1, -0.05) is 12.1 Å². The monoisotopic (exact) mass is 239 g/mol. The van der Waals surface area contributed by atoms with Gasteiger partial charge in [-0.05, 0) is 30.7 Å². The number of H-pyrrole nitrogens is 1. The summed E-state index contributed by atoms with van der Waals surface area (Å²) in [6, 6.07) is 10.0. The number of ether oxygens (including phenoxy) is 1. The second-order valence-electron chi connectivity index (χ2n) is 3.99. The maximum Gasteiger partial charge on any atom is 0.119 e. The van der Waals surface area contributed by atoms with E-state index in [1.807, 2.05) is 43.5 Å². The van der Waals surface area contributed by atoms with E-state index in [9.17, 15) is 0 Å². The van der Waals surface area contributed by atoms with Crippen molar-refractivity contribution in [2.45, 2.75) is 6.92 Å². The van der Waals surface area contributed by atoms with Gasteiger partial charge in [0.15, 0.2) is 0 Å². The highest BCUT2D eigenvalue weighted by Crippen LogP contribution is 2.25. The Morgan fingerprint density at radius 3 is 3.00 bits per heavy atom. The molecule has 18 heavy (non-hydrogen) atoms. The van der Waals surface area contributed by atoms with E-state index >= 15 is 0 Å². The highest BCUT2D eigenvalue weighted by atomic mass is 16.5. The third kappa shape index (κ3) is 1.93. The molecule has 0 aliphatic heterocycles. The van der Waals surface area contributed by atoms with Crippen LogP contribution in [0.3, 0.4) is 0 Å². The number of fused-ring (bicyclic) bond motifs is 1. The predicted molar refractivity (Wildman–Crippen MR) is 70.5 cm³/mol. The average molecular weight is 239 g/mol.